The molecule has 0 unspecified atom stereocenters. The maximum atomic E-state index is 11.2. The van der Waals surface area contributed by atoms with Gasteiger partial charge in [0.15, 0.2) is 0 Å². The Labute approximate surface area is 181 Å². The van der Waals surface area contributed by atoms with Gasteiger partial charge in [-0.05, 0) is 97.1 Å². The number of aliphatic hydroxyl groups is 1. The van der Waals surface area contributed by atoms with Gasteiger partial charge in [0.1, 0.15) is 0 Å². The molecular formula is C28H35NO. The third-order valence-corrected chi connectivity index (χ3v) is 8.37. The predicted octanol–water partition coefficient (Wildman–Crippen LogP) is 6.68. The molecule has 1 saturated carbocycles. The van der Waals surface area contributed by atoms with E-state index in [4.69, 9.17) is 4.99 Å². The van der Waals surface area contributed by atoms with Crippen LogP contribution in [0.1, 0.15) is 87.5 Å². The first-order chi connectivity index (χ1) is 14.6. The number of rotatable bonds is 4. The van der Waals surface area contributed by atoms with Crippen LogP contribution >= 0.6 is 0 Å². The van der Waals surface area contributed by atoms with Crippen LogP contribution in [0.3, 0.4) is 0 Å². The van der Waals surface area contributed by atoms with Gasteiger partial charge in [-0.3, -0.25) is 4.99 Å². The highest BCUT2D eigenvalue weighted by atomic mass is 16.3. The number of para-hydroxylation sites is 1. The lowest BCUT2D eigenvalue weighted by molar-refractivity contribution is -0.0542. The van der Waals surface area contributed by atoms with Crippen molar-refractivity contribution in [3.63, 3.8) is 0 Å². The van der Waals surface area contributed by atoms with Crippen LogP contribution in [0.5, 0.6) is 0 Å². The summed E-state index contributed by atoms with van der Waals surface area (Å²) in [6, 6.07) is 15.7. The summed E-state index contributed by atoms with van der Waals surface area (Å²) < 4.78 is 0. The molecule has 3 atom stereocenters. The summed E-state index contributed by atoms with van der Waals surface area (Å²) >= 11 is 0. The smallest absolute Gasteiger partial charge is 0.0669 e. The summed E-state index contributed by atoms with van der Waals surface area (Å²) in [7, 11) is 0. The number of hydrogen-bond donors (Lipinski definition) is 1. The molecule has 30 heavy (non-hydrogen) atoms. The van der Waals surface area contributed by atoms with Gasteiger partial charge in [0.25, 0.3) is 0 Å². The van der Waals surface area contributed by atoms with Crippen LogP contribution in [-0.2, 0) is 18.3 Å². The molecule has 1 fully saturated rings. The normalized spacial score (nSPS) is 30.1. The fourth-order valence-corrected chi connectivity index (χ4v) is 6.80. The van der Waals surface area contributed by atoms with E-state index in [2.05, 4.69) is 56.3 Å². The van der Waals surface area contributed by atoms with E-state index >= 15 is 0 Å². The molecule has 1 aliphatic heterocycles. The number of fused-ring (bicyclic) bond motifs is 4. The van der Waals surface area contributed by atoms with E-state index in [1.165, 1.54) is 41.7 Å². The Morgan fingerprint density at radius 3 is 2.73 bits per heavy atom. The van der Waals surface area contributed by atoms with Crippen molar-refractivity contribution in [3.8, 4) is 0 Å². The topological polar surface area (TPSA) is 32.6 Å². The minimum absolute atomic E-state index is 0.241. The molecule has 2 heteroatoms. The van der Waals surface area contributed by atoms with Crippen LogP contribution in [0.4, 0.5) is 5.69 Å². The molecule has 0 saturated heterocycles. The second kappa shape index (κ2) is 7.64. The zero-order valence-corrected chi connectivity index (χ0v) is 18.6. The van der Waals surface area contributed by atoms with Crippen molar-refractivity contribution >= 4 is 11.4 Å². The average molecular weight is 402 g/mol. The second-order valence-corrected chi connectivity index (χ2v) is 10.0. The van der Waals surface area contributed by atoms with E-state index in [9.17, 15) is 5.11 Å². The molecule has 0 bridgehead atoms. The molecule has 0 amide bonds. The lowest BCUT2D eigenvalue weighted by Gasteiger charge is -2.50. The van der Waals surface area contributed by atoms with Crippen LogP contribution in [0.15, 0.2) is 47.5 Å². The highest BCUT2D eigenvalue weighted by molar-refractivity contribution is 6.06. The quantitative estimate of drug-likeness (QED) is 0.609. The standard InChI is InChI=1S/C28H35NO/c1-3-14-27(30)15-16-28(4-2)23(19-27)10-7-9-20-17-22(12-13-24(20)28)26-18-21-8-5-6-11-25(21)29-26/h5-6,8,11-13,17,23,30H,3-4,7,9-10,14-16,18-19H2,1-2H3/t23-,27+,28+/m0/s1. The van der Waals surface area contributed by atoms with E-state index in [1.807, 2.05) is 0 Å². The first-order valence-corrected chi connectivity index (χ1v) is 12.1. The molecular weight excluding hydrogens is 366 g/mol. The molecule has 1 N–H and O–H groups in total. The van der Waals surface area contributed by atoms with E-state index in [0.717, 1.165) is 50.6 Å². The molecule has 0 radical (unpaired) electrons. The summed E-state index contributed by atoms with van der Waals surface area (Å²) in [5.74, 6) is 0.605. The van der Waals surface area contributed by atoms with Gasteiger partial charge in [0.05, 0.1) is 17.0 Å². The highest BCUT2D eigenvalue weighted by Crippen LogP contribution is 2.54. The molecule has 2 nitrogen and oxygen atoms in total. The molecule has 158 valence electrons. The summed E-state index contributed by atoms with van der Waals surface area (Å²) in [6.07, 6.45) is 10.9. The van der Waals surface area contributed by atoms with Gasteiger partial charge in [-0.2, -0.15) is 0 Å². The minimum Gasteiger partial charge on any atom is -0.390 e. The number of aryl methyl sites for hydroxylation is 1. The first-order valence-electron chi connectivity index (χ1n) is 12.1. The van der Waals surface area contributed by atoms with Gasteiger partial charge in [-0.1, -0.05) is 50.6 Å². The van der Waals surface area contributed by atoms with E-state index < -0.39 is 5.60 Å². The molecule has 0 aromatic heterocycles. The number of aliphatic imine (C=N–C) groups is 1. The lowest BCUT2D eigenvalue weighted by atomic mass is 9.56. The van der Waals surface area contributed by atoms with Crippen LogP contribution in [0.25, 0.3) is 0 Å². The van der Waals surface area contributed by atoms with Crippen molar-refractivity contribution < 1.29 is 5.11 Å². The predicted molar refractivity (Wildman–Crippen MR) is 125 cm³/mol. The number of nitrogens with zero attached hydrogens (tertiary/aromatic N) is 1. The van der Waals surface area contributed by atoms with Gasteiger partial charge in [0, 0.05) is 6.42 Å². The Morgan fingerprint density at radius 1 is 1.07 bits per heavy atom. The number of hydrogen-bond acceptors (Lipinski definition) is 2. The zero-order chi connectivity index (χ0) is 20.8. The van der Waals surface area contributed by atoms with E-state index in [0.29, 0.717) is 5.92 Å². The zero-order valence-electron chi connectivity index (χ0n) is 18.6. The maximum Gasteiger partial charge on any atom is 0.0669 e. The molecule has 2 aliphatic carbocycles. The van der Waals surface area contributed by atoms with E-state index in [1.54, 1.807) is 5.56 Å². The summed E-state index contributed by atoms with van der Waals surface area (Å²) in [4.78, 5) is 4.94. The Hall–Kier alpha value is -1.93. The fourth-order valence-electron chi connectivity index (χ4n) is 6.80. The maximum absolute atomic E-state index is 11.2. The van der Waals surface area contributed by atoms with Gasteiger partial charge in [0.2, 0.25) is 0 Å². The van der Waals surface area contributed by atoms with Gasteiger partial charge < -0.3 is 5.11 Å². The summed E-state index contributed by atoms with van der Waals surface area (Å²) in [6.45, 7) is 4.57. The minimum atomic E-state index is -0.438. The third-order valence-electron chi connectivity index (χ3n) is 8.37. The Kier molecular flexibility index (Phi) is 5.09. The van der Waals surface area contributed by atoms with Gasteiger partial charge in [-0.25, -0.2) is 0 Å². The van der Waals surface area contributed by atoms with Crippen molar-refractivity contribution in [3.05, 3.63) is 64.7 Å². The van der Waals surface area contributed by atoms with Crippen molar-refractivity contribution in [2.24, 2.45) is 10.9 Å². The fraction of sp³-hybridized carbons (Fsp3) is 0.536. The SMILES string of the molecule is CCC[C@@]1(O)CC[C@@]2(CC)c3ccc(C4=Nc5ccccc5C4)cc3CCC[C@H]2C1. The Bertz CT molecular complexity index is 976. The Morgan fingerprint density at radius 2 is 1.93 bits per heavy atom. The first kappa shape index (κ1) is 20.0. The van der Waals surface area contributed by atoms with Crippen molar-refractivity contribution in [2.45, 2.75) is 89.1 Å². The molecule has 1 heterocycles. The van der Waals surface area contributed by atoms with Crippen LogP contribution < -0.4 is 0 Å². The molecule has 5 rings (SSSR count). The largest absolute Gasteiger partial charge is 0.390 e. The van der Waals surface area contributed by atoms with Crippen molar-refractivity contribution in [2.75, 3.05) is 0 Å². The van der Waals surface area contributed by atoms with Crippen molar-refractivity contribution in [1.82, 2.24) is 0 Å². The molecule has 3 aliphatic rings. The van der Waals surface area contributed by atoms with Crippen LogP contribution in [0, 0.1) is 5.92 Å². The third kappa shape index (κ3) is 3.24. The molecule has 2 aromatic carbocycles. The second-order valence-electron chi connectivity index (χ2n) is 10.0. The average Bonchev–Trinajstić information content (AvgIpc) is 3.12. The summed E-state index contributed by atoms with van der Waals surface area (Å²) in [5.41, 5.74) is 7.91. The van der Waals surface area contributed by atoms with Gasteiger partial charge in [-0.15, -0.1) is 0 Å². The molecule has 0 spiro atoms. The lowest BCUT2D eigenvalue weighted by Crippen LogP contribution is -2.47. The Balaban J connectivity index is 1.49. The molecule has 2 aromatic rings. The van der Waals surface area contributed by atoms with Gasteiger partial charge >= 0.3 is 0 Å². The number of benzene rings is 2. The highest BCUT2D eigenvalue weighted by Gasteiger charge is 2.49. The summed E-state index contributed by atoms with van der Waals surface area (Å²) in [5, 5.41) is 11.2. The van der Waals surface area contributed by atoms with Crippen LogP contribution in [-0.4, -0.2) is 16.4 Å². The monoisotopic (exact) mass is 401 g/mol. The van der Waals surface area contributed by atoms with E-state index in [-0.39, 0.29) is 5.41 Å². The van der Waals surface area contributed by atoms with Crippen LogP contribution in [0.2, 0.25) is 0 Å². The van der Waals surface area contributed by atoms with Crippen molar-refractivity contribution in [1.29, 1.82) is 0 Å².